The van der Waals surface area contributed by atoms with Crippen molar-refractivity contribution < 1.29 is 0 Å². The molecule has 0 radical (unpaired) electrons. The lowest BCUT2D eigenvalue weighted by Gasteiger charge is -2.21. The molecule has 3 rings (SSSR count). The van der Waals surface area contributed by atoms with Crippen molar-refractivity contribution in [1.82, 2.24) is 9.78 Å². The summed E-state index contributed by atoms with van der Waals surface area (Å²) in [6.07, 6.45) is 8.80. The van der Waals surface area contributed by atoms with E-state index in [1.807, 2.05) is 0 Å². The summed E-state index contributed by atoms with van der Waals surface area (Å²) >= 11 is 0. The van der Waals surface area contributed by atoms with Crippen LogP contribution < -0.4 is 5.32 Å². The Hall–Kier alpha value is -1.77. The second-order valence-corrected chi connectivity index (χ2v) is 5.80. The maximum absolute atomic E-state index is 4.72. The Balaban J connectivity index is 1.58. The number of hydrogen-bond donors (Lipinski definition) is 1. The molecule has 3 heteroatoms. The van der Waals surface area contributed by atoms with Gasteiger partial charge in [-0.05, 0) is 38.0 Å². The van der Waals surface area contributed by atoms with E-state index in [0.717, 1.165) is 17.9 Å². The minimum atomic E-state index is 0.622. The van der Waals surface area contributed by atoms with E-state index in [1.54, 1.807) is 0 Å². The Kier molecular flexibility index (Phi) is 4.05. The van der Waals surface area contributed by atoms with Crippen LogP contribution in [0.15, 0.2) is 36.5 Å². The first kappa shape index (κ1) is 13.2. The van der Waals surface area contributed by atoms with E-state index in [4.69, 9.17) is 5.10 Å². The molecular weight excluding hydrogens is 246 g/mol. The van der Waals surface area contributed by atoms with Crippen molar-refractivity contribution in [3.63, 3.8) is 0 Å². The predicted octanol–water partition coefficient (Wildman–Crippen LogP) is 4.31. The highest BCUT2D eigenvalue weighted by Gasteiger charge is 2.15. The molecule has 0 spiro atoms. The Labute approximate surface area is 121 Å². The zero-order valence-corrected chi connectivity index (χ0v) is 12.2. The zero-order valence-electron chi connectivity index (χ0n) is 12.2. The van der Waals surface area contributed by atoms with Gasteiger partial charge in [-0.2, -0.15) is 5.10 Å². The Morgan fingerprint density at radius 1 is 1.10 bits per heavy atom. The standard InChI is InChI=1S/C17H23N3/c1-14-7-9-15(10-8-14)18-13-16-11-12-20(19-16)17-5-3-2-4-6-17/h7-12,17-18H,2-6,13H2,1H3. The van der Waals surface area contributed by atoms with Crippen LogP contribution in [0.4, 0.5) is 5.69 Å². The number of nitrogens with one attached hydrogen (secondary N) is 1. The molecule has 1 aliphatic rings. The first-order chi connectivity index (χ1) is 9.81. The summed E-state index contributed by atoms with van der Waals surface area (Å²) in [5.74, 6) is 0. The Morgan fingerprint density at radius 3 is 2.60 bits per heavy atom. The summed E-state index contributed by atoms with van der Waals surface area (Å²) in [7, 11) is 0. The number of hydrogen-bond acceptors (Lipinski definition) is 2. The van der Waals surface area contributed by atoms with Crippen LogP contribution in [0.3, 0.4) is 0 Å². The lowest BCUT2D eigenvalue weighted by Crippen LogP contribution is -2.13. The van der Waals surface area contributed by atoms with Gasteiger partial charge in [0.25, 0.3) is 0 Å². The van der Waals surface area contributed by atoms with E-state index in [0.29, 0.717) is 6.04 Å². The van der Waals surface area contributed by atoms with Crippen molar-refractivity contribution in [3.05, 3.63) is 47.8 Å². The first-order valence-electron chi connectivity index (χ1n) is 7.66. The fraction of sp³-hybridized carbons (Fsp3) is 0.471. The minimum absolute atomic E-state index is 0.622. The largest absolute Gasteiger partial charge is 0.379 e. The Bertz CT molecular complexity index is 536. The molecule has 1 heterocycles. The molecular formula is C17H23N3. The third kappa shape index (κ3) is 3.21. The molecule has 0 bridgehead atoms. The van der Waals surface area contributed by atoms with Gasteiger partial charge in [0.05, 0.1) is 18.3 Å². The Morgan fingerprint density at radius 2 is 1.85 bits per heavy atom. The first-order valence-corrected chi connectivity index (χ1v) is 7.66. The summed E-state index contributed by atoms with van der Waals surface area (Å²) in [6.45, 7) is 2.90. The minimum Gasteiger partial charge on any atom is -0.379 e. The summed E-state index contributed by atoms with van der Waals surface area (Å²) in [5, 5.41) is 8.15. The van der Waals surface area contributed by atoms with Crippen molar-refractivity contribution in [2.24, 2.45) is 0 Å². The van der Waals surface area contributed by atoms with Crippen LogP contribution >= 0.6 is 0 Å². The maximum atomic E-state index is 4.72. The van der Waals surface area contributed by atoms with E-state index in [-0.39, 0.29) is 0 Å². The van der Waals surface area contributed by atoms with Crippen LogP contribution in [0.5, 0.6) is 0 Å². The van der Waals surface area contributed by atoms with E-state index in [2.05, 4.69) is 53.5 Å². The van der Waals surface area contributed by atoms with Gasteiger partial charge < -0.3 is 5.32 Å². The van der Waals surface area contributed by atoms with Crippen molar-refractivity contribution in [1.29, 1.82) is 0 Å². The van der Waals surface area contributed by atoms with Gasteiger partial charge in [-0.15, -0.1) is 0 Å². The summed E-state index contributed by atoms with van der Waals surface area (Å²) in [6, 6.07) is 11.2. The van der Waals surface area contributed by atoms with E-state index in [9.17, 15) is 0 Å². The zero-order chi connectivity index (χ0) is 13.8. The SMILES string of the molecule is Cc1ccc(NCc2ccn(C3CCCCC3)n2)cc1. The van der Waals surface area contributed by atoms with Crippen molar-refractivity contribution in [2.45, 2.75) is 51.6 Å². The van der Waals surface area contributed by atoms with Crippen molar-refractivity contribution in [2.75, 3.05) is 5.32 Å². The molecule has 1 aromatic carbocycles. The van der Waals surface area contributed by atoms with E-state index < -0.39 is 0 Å². The van der Waals surface area contributed by atoms with E-state index in [1.165, 1.54) is 37.7 Å². The normalized spacial score (nSPS) is 16.2. The van der Waals surface area contributed by atoms with Gasteiger partial charge in [-0.25, -0.2) is 0 Å². The number of anilines is 1. The summed E-state index contributed by atoms with van der Waals surface area (Å²) in [4.78, 5) is 0. The van der Waals surface area contributed by atoms with Gasteiger partial charge in [0.1, 0.15) is 0 Å². The molecule has 1 fully saturated rings. The lowest BCUT2D eigenvalue weighted by atomic mass is 9.96. The average molecular weight is 269 g/mol. The summed E-state index contributed by atoms with van der Waals surface area (Å²) in [5.41, 5.74) is 3.57. The quantitative estimate of drug-likeness (QED) is 0.896. The lowest BCUT2D eigenvalue weighted by molar-refractivity contribution is 0.328. The van der Waals surface area contributed by atoms with Crippen LogP contribution in [-0.2, 0) is 6.54 Å². The third-order valence-corrected chi connectivity index (χ3v) is 4.14. The molecule has 0 aliphatic heterocycles. The van der Waals surface area contributed by atoms with Crippen LogP contribution in [0.1, 0.15) is 49.4 Å². The van der Waals surface area contributed by atoms with Gasteiger partial charge in [-0.3, -0.25) is 4.68 Å². The molecule has 1 saturated carbocycles. The smallest absolute Gasteiger partial charge is 0.0815 e. The molecule has 1 aromatic heterocycles. The van der Waals surface area contributed by atoms with Crippen LogP contribution in [0.2, 0.25) is 0 Å². The van der Waals surface area contributed by atoms with Gasteiger partial charge in [-0.1, -0.05) is 37.0 Å². The molecule has 1 aliphatic carbocycles. The van der Waals surface area contributed by atoms with Gasteiger partial charge in [0.15, 0.2) is 0 Å². The molecule has 2 aromatic rings. The molecule has 20 heavy (non-hydrogen) atoms. The number of benzene rings is 1. The van der Waals surface area contributed by atoms with Crippen LogP contribution in [-0.4, -0.2) is 9.78 Å². The molecule has 0 atom stereocenters. The molecule has 0 unspecified atom stereocenters. The van der Waals surface area contributed by atoms with Gasteiger partial charge in [0.2, 0.25) is 0 Å². The second-order valence-electron chi connectivity index (χ2n) is 5.80. The number of nitrogens with zero attached hydrogens (tertiary/aromatic N) is 2. The highest BCUT2D eigenvalue weighted by molar-refractivity contribution is 5.44. The molecule has 3 nitrogen and oxygen atoms in total. The summed E-state index contributed by atoms with van der Waals surface area (Å²) < 4.78 is 2.17. The molecule has 0 saturated heterocycles. The average Bonchev–Trinajstić information content (AvgIpc) is 2.97. The van der Waals surface area contributed by atoms with Crippen molar-refractivity contribution >= 4 is 5.69 Å². The maximum Gasteiger partial charge on any atom is 0.0815 e. The highest BCUT2D eigenvalue weighted by atomic mass is 15.3. The number of rotatable bonds is 4. The molecule has 106 valence electrons. The molecule has 0 amide bonds. The van der Waals surface area contributed by atoms with Gasteiger partial charge >= 0.3 is 0 Å². The number of aryl methyl sites for hydroxylation is 1. The van der Waals surface area contributed by atoms with Crippen LogP contribution in [0.25, 0.3) is 0 Å². The fourth-order valence-corrected chi connectivity index (χ4v) is 2.88. The monoisotopic (exact) mass is 269 g/mol. The third-order valence-electron chi connectivity index (χ3n) is 4.14. The topological polar surface area (TPSA) is 29.9 Å². The highest BCUT2D eigenvalue weighted by Crippen LogP contribution is 2.27. The van der Waals surface area contributed by atoms with Crippen molar-refractivity contribution in [3.8, 4) is 0 Å². The van der Waals surface area contributed by atoms with Crippen LogP contribution in [0, 0.1) is 6.92 Å². The molecule has 1 N–H and O–H groups in total. The second kappa shape index (κ2) is 6.12. The number of aromatic nitrogens is 2. The van der Waals surface area contributed by atoms with Gasteiger partial charge in [0, 0.05) is 11.9 Å². The predicted molar refractivity (Wildman–Crippen MR) is 82.9 cm³/mol. The fourth-order valence-electron chi connectivity index (χ4n) is 2.88. The van der Waals surface area contributed by atoms with E-state index >= 15 is 0 Å².